The van der Waals surface area contributed by atoms with Crippen molar-refractivity contribution in [2.45, 2.75) is 70.9 Å². The van der Waals surface area contributed by atoms with Crippen molar-refractivity contribution in [3.05, 3.63) is 29.3 Å². The van der Waals surface area contributed by atoms with Crippen molar-refractivity contribution in [1.29, 1.82) is 0 Å². The molecule has 1 aliphatic carbocycles. The minimum Gasteiger partial charge on any atom is -0.349 e. The Hall–Kier alpha value is -1.13. The first-order valence-electron chi connectivity index (χ1n) is 9.89. The molecule has 1 saturated heterocycles. The summed E-state index contributed by atoms with van der Waals surface area (Å²) in [6.07, 6.45) is 9.49. The summed E-state index contributed by atoms with van der Waals surface area (Å²) < 4.78 is 0. The van der Waals surface area contributed by atoms with Crippen molar-refractivity contribution in [2.75, 3.05) is 25.5 Å². The van der Waals surface area contributed by atoms with Gasteiger partial charge in [-0.3, -0.25) is 0 Å². The fraction of sp³-hybridized carbons (Fsp3) is 0.667. The zero-order valence-electron chi connectivity index (χ0n) is 16.1. The number of piperidine rings is 1. The van der Waals surface area contributed by atoms with Crippen LogP contribution in [0.5, 0.6) is 0 Å². The van der Waals surface area contributed by atoms with Crippen molar-refractivity contribution in [2.24, 2.45) is 0 Å². The van der Waals surface area contributed by atoms with Crippen LogP contribution in [0.3, 0.4) is 0 Å². The van der Waals surface area contributed by atoms with Gasteiger partial charge in [-0.25, -0.2) is 0 Å². The fourth-order valence-electron chi connectivity index (χ4n) is 4.28. The van der Waals surface area contributed by atoms with Gasteiger partial charge >= 0.3 is 0 Å². The molecule has 2 aliphatic rings. The third-order valence-electron chi connectivity index (χ3n) is 6.24. The molecule has 1 aromatic carbocycles. The first kappa shape index (κ1) is 18.7. The summed E-state index contributed by atoms with van der Waals surface area (Å²) in [4.78, 5) is 5.02. The predicted octanol–water partition coefficient (Wildman–Crippen LogP) is 4.73. The summed E-state index contributed by atoms with van der Waals surface area (Å²) in [5, 5.41) is 4.31. The van der Waals surface area contributed by atoms with Gasteiger partial charge in [0.05, 0.1) is 0 Å². The molecule has 1 heterocycles. The van der Waals surface area contributed by atoms with Gasteiger partial charge in [0, 0.05) is 30.9 Å². The molecule has 1 aromatic rings. The lowest BCUT2D eigenvalue weighted by molar-refractivity contribution is 0.0985. The average Bonchev–Trinajstić information content (AvgIpc) is 2.65. The number of aryl methyl sites for hydroxylation is 2. The van der Waals surface area contributed by atoms with Gasteiger partial charge in [0.1, 0.15) is 0 Å². The molecule has 0 aromatic heterocycles. The molecule has 1 saturated carbocycles. The first-order chi connectivity index (χ1) is 12.0. The van der Waals surface area contributed by atoms with Crippen molar-refractivity contribution in [3.8, 4) is 0 Å². The molecule has 3 nitrogen and oxygen atoms in total. The second-order valence-corrected chi connectivity index (χ2v) is 8.29. The number of nitrogens with one attached hydrogen (secondary N) is 1. The first-order valence-corrected chi connectivity index (χ1v) is 10.3. The Kier molecular flexibility index (Phi) is 6.34. The monoisotopic (exact) mass is 359 g/mol. The van der Waals surface area contributed by atoms with E-state index in [4.69, 9.17) is 12.2 Å². The number of thiocarbonyl (C=S) groups is 1. The summed E-state index contributed by atoms with van der Waals surface area (Å²) in [7, 11) is 2.35. The van der Waals surface area contributed by atoms with Gasteiger partial charge in [-0.1, -0.05) is 25.3 Å². The number of benzene rings is 1. The highest BCUT2D eigenvalue weighted by Crippen LogP contribution is 2.26. The molecule has 0 unspecified atom stereocenters. The molecule has 0 radical (unpaired) electrons. The Morgan fingerprint density at radius 3 is 2.28 bits per heavy atom. The maximum Gasteiger partial charge on any atom is 0.173 e. The van der Waals surface area contributed by atoms with Crippen LogP contribution in [-0.2, 0) is 0 Å². The molecule has 138 valence electrons. The smallest absolute Gasteiger partial charge is 0.173 e. The molecular formula is C21H33N3S. The summed E-state index contributed by atoms with van der Waals surface area (Å²) >= 11 is 5.66. The van der Waals surface area contributed by atoms with Crippen LogP contribution in [0.15, 0.2) is 18.2 Å². The van der Waals surface area contributed by atoms with Gasteiger partial charge < -0.3 is 15.1 Å². The largest absolute Gasteiger partial charge is 0.349 e. The van der Waals surface area contributed by atoms with Gasteiger partial charge in [0.2, 0.25) is 0 Å². The van der Waals surface area contributed by atoms with E-state index in [1.807, 2.05) is 0 Å². The van der Waals surface area contributed by atoms with Crippen LogP contribution in [0.1, 0.15) is 56.1 Å². The van der Waals surface area contributed by atoms with E-state index >= 15 is 0 Å². The lowest BCUT2D eigenvalue weighted by Crippen LogP contribution is -2.49. The van der Waals surface area contributed by atoms with Gasteiger partial charge in [0.25, 0.3) is 0 Å². The van der Waals surface area contributed by atoms with E-state index in [1.165, 1.54) is 56.1 Å². The number of hydrogen-bond acceptors (Lipinski definition) is 2. The molecule has 0 atom stereocenters. The van der Waals surface area contributed by atoms with E-state index < -0.39 is 0 Å². The van der Waals surface area contributed by atoms with Gasteiger partial charge in [-0.05, 0) is 82.1 Å². The SMILES string of the molecule is Cc1ccc(NC(=S)N2CCC(N(C)C3CCCCC3)CC2)cc1C. The molecule has 0 amide bonds. The minimum atomic E-state index is 0.726. The number of rotatable bonds is 3. The van der Waals surface area contributed by atoms with Crippen molar-refractivity contribution < 1.29 is 0 Å². The lowest BCUT2D eigenvalue weighted by atomic mass is 9.92. The van der Waals surface area contributed by atoms with Crippen LogP contribution in [0.25, 0.3) is 0 Å². The zero-order valence-corrected chi connectivity index (χ0v) is 16.9. The van der Waals surface area contributed by atoms with E-state index in [0.29, 0.717) is 0 Å². The molecule has 3 rings (SSSR count). The van der Waals surface area contributed by atoms with Crippen LogP contribution < -0.4 is 5.32 Å². The molecule has 1 aliphatic heterocycles. The summed E-state index contributed by atoms with van der Waals surface area (Å²) in [6, 6.07) is 8.00. The van der Waals surface area contributed by atoms with E-state index in [2.05, 4.69) is 54.2 Å². The van der Waals surface area contributed by atoms with Crippen molar-refractivity contribution in [1.82, 2.24) is 9.80 Å². The molecule has 25 heavy (non-hydrogen) atoms. The van der Waals surface area contributed by atoms with Crippen LogP contribution in [0, 0.1) is 13.8 Å². The second kappa shape index (κ2) is 8.50. The molecule has 0 bridgehead atoms. The van der Waals surface area contributed by atoms with Crippen LogP contribution in [0.4, 0.5) is 5.69 Å². The lowest BCUT2D eigenvalue weighted by Gasteiger charge is -2.42. The van der Waals surface area contributed by atoms with Crippen LogP contribution in [0.2, 0.25) is 0 Å². The van der Waals surface area contributed by atoms with E-state index in [-0.39, 0.29) is 0 Å². The Bertz CT molecular complexity index is 587. The zero-order chi connectivity index (χ0) is 17.8. The number of nitrogens with zero attached hydrogens (tertiary/aromatic N) is 2. The average molecular weight is 360 g/mol. The molecular weight excluding hydrogens is 326 g/mol. The summed E-state index contributed by atoms with van der Waals surface area (Å²) in [5.74, 6) is 0. The Morgan fingerprint density at radius 1 is 1.00 bits per heavy atom. The van der Waals surface area contributed by atoms with E-state index in [9.17, 15) is 0 Å². The van der Waals surface area contributed by atoms with Crippen molar-refractivity contribution >= 4 is 23.0 Å². The number of likely N-dealkylation sites (tertiary alicyclic amines) is 1. The number of anilines is 1. The van der Waals surface area contributed by atoms with Crippen LogP contribution >= 0.6 is 12.2 Å². The molecule has 2 fully saturated rings. The Labute approximate surface area is 158 Å². The van der Waals surface area contributed by atoms with E-state index in [0.717, 1.165) is 36.0 Å². The maximum absolute atomic E-state index is 5.66. The quantitative estimate of drug-likeness (QED) is 0.786. The highest BCUT2D eigenvalue weighted by atomic mass is 32.1. The van der Waals surface area contributed by atoms with E-state index in [1.54, 1.807) is 0 Å². The third-order valence-corrected chi connectivity index (χ3v) is 6.60. The normalized spacial score (nSPS) is 20.1. The Morgan fingerprint density at radius 2 is 1.64 bits per heavy atom. The summed E-state index contributed by atoms with van der Waals surface area (Å²) in [5.41, 5.74) is 3.73. The molecule has 1 N–H and O–H groups in total. The fourth-order valence-corrected chi connectivity index (χ4v) is 4.58. The maximum atomic E-state index is 5.66. The van der Waals surface area contributed by atoms with Crippen LogP contribution in [-0.4, -0.2) is 47.1 Å². The standard InChI is InChI=1S/C21H33N3S/c1-16-9-10-18(15-17(16)2)22-21(25)24-13-11-20(12-14-24)23(3)19-7-5-4-6-8-19/h9-10,15,19-20H,4-8,11-14H2,1-3H3,(H,22,25). The number of hydrogen-bond donors (Lipinski definition) is 1. The second-order valence-electron chi connectivity index (χ2n) is 7.90. The predicted molar refractivity (Wildman–Crippen MR) is 111 cm³/mol. The third kappa shape index (κ3) is 4.73. The topological polar surface area (TPSA) is 18.5 Å². The molecule has 0 spiro atoms. The van der Waals surface area contributed by atoms with Gasteiger partial charge in [-0.15, -0.1) is 0 Å². The Balaban J connectivity index is 1.49. The van der Waals surface area contributed by atoms with Crippen molar-refractivity contribution in [3.63, 3.8) is 0 Å². The van der Waals surface area contributed by atoms with Gasteiger partial charge in [0.15, 0.2) is 5.11 Å². The van der Waals surface area contributed by atoms with Gasteiger partial charge in [-0.2, -0.15) is 0 Å². The highest BCUT2D eigenvalue weighted by molar-refractivity contribution is 7.80. The summed E-state index contributed by atoms with van der Waals surface area (Å²) in [6.45, 7) is 6.43. The highest BCUT2D eigenvalue weighted by Gasteiger charge is 2.28. The minimum absolute atomic E-state index is 0.726. The molecule has 4 heteroatoms.